The maximum Gasteiger partial charge on any atom is 0.329 e. The lowest BCUT2D eigenvalue weighted by Gasteiger charge is -2.34. The number of hydrogen-bond donors (Lipinski definition) is 3. The normalized spacial score (nSPS) is 17.7. The number of nitrogens with one attached hydrogen (secondary N) is 3. The van der Waals surface area contributed by atoms with E-state index in [1.807, 2.05) is 72.1 Å². The van der Waals surface area contributed by atoms with E-state index in [9.17, 15) is 24.0 Å². The Hall–Kier alpha value is -3.35. The van der Waals surface area contributed by atoms with Gasteiger partial charge in [0.1, 0.15) is 17.4 Å². The van der Waals surface area contributed by atoms with Crippen molar-refractivity contribution >= 4 is 30.0 Å². The second kappa shape index (κ2) is 36.9. The summed E-state index contributed by atoms with van der Waals surface area (Å²) in [5.41, 5.74) is 0.258. The van der Waals surface area contributed by atoms with Crippen molar-refractivity contribution in [1.82, 2.24) is 20.9 Å². The molecule has 1 aromatic rings. The molecule has 1 aromatic carbocycles. The van der Waals surface area contributed by atoms with Gasteiger partial charge in [0.15, 0.2) is 0 Å². The summed E-state index contributed by atoms with van der Waals surface area (Å²) in [5.74, 6) is 0.292. The van der Waals surface area contributed by atoms with Crippen molar-refractivity contribution < 1.29 is 38.2 Å². The number of hydrogen-bond acceptors (Lipinski definition) is 9. The highest BCUT2D eigenvalue weighted by molar-refractivity contribution is 5.87. The van der Waals surface area contributed by atoms with Gasteiger partial charge in [-0.25, -0.2) is 4.79 Å². The number of ketones is 1. The van der Waals surface area contributed by atoms with Crippen molar-refractivity contribution in [3.8, 4) is 0 Å². The minimum atomic E-state index is -0.821. The Morgan fingerprint density at radius 1 is 0.889 bits per heavy atom. The van der Waals surface area contributed by atoms with Crippen LogP contribution in [0.4, 0.5) is 0 Å². The number of esters is 1. The lowest BCUT2D eigenvalue weighted by atomic mass is 9.82. The SMILES string of the molecule is CC.CCC.CCCCC(C(C)CC)C(CC)OC.CNC(C(=O)NCC(C)=O)C(C)C.COC(C(C)C(=O)NC(Cc1ccccc1)C(=O)OC(C)(C)C)C1CCC(C)N1C=O. The quantitative estimate of drug-likeness (QED) is 0.0764. The molecule has 9 atom stereocenters. The molecule has 0 aliphatic carbocycles. The second-order valence-corrected chi connectivity index (χ2v) is 17.8. The highest BCUT2D eigenvalue weighted by Gasteiger charge is 2.41. The fourth-order valence-corrected chi connectivity index (χ4v) is 7.43. The second-order valence-electron chi connectivity index (χ2n) is 17.8. The molecule has 368 valence electrons. The molecule has 12 nitrogen and oxygen atoms in total. The summed E-state index contributed by atoms with van der Waals surface area (Å²) >= 11 is 0. The van der Waals surface area contributed by atoms with E-state index in [0.717, 1.165) is 43.1 Å². The topological polar surface area (TPSA) is 152 Å². The number of amides is 3. The van der Waals surface area contributed by atoms with Crippen LogP contribution in [0.15, 0.2) is 30.3 Å². The number of Topliss-reactive ketones (excluding diaryl/α,β-unsaturated/α-hetero) is 1. The molecule has 2 rings (SSSR count). The molecule has 12 heteroatoms. The molecule has 1 aliphatic heterocycles. The van der Waals surface area contributed by atoms with Gasteiger partial charge in [-0.05, 0) is 90.7 Å². The average molecular weight is 893 g/mol. The van der Waals surface area contributed by atoms with Crippen LogP contribution in [0, 0.1) is 23.7 Å². The summed E-state index contributed by atoms with van der Waals surface area (Å²) in [6.45, 7) is 32.0. The lowest BCUT2D eigenvalue weighted by Crippen LogP contribution is -2.52. The smallest absolute Gasteiger partial charge is 0.329 e. The summed E-state index contributed by atoms with van der Waals surface area (Å²) in [6, 6.07) is 8.40. The van der Waals surface area contributed by atoms with E-state index in [-0.39, 0.29) is 48.2 Å². The number of unbranched alkanes of at least 4 members (excludes halogenated alkanes) is 1. The summed E-state index contributed by atoms with van der Waals surface area (Å²) in [7, 11) is 5.14. The van der Waals surface area contributed by atoms with Crippen LogP contribution in [0.3, 0.4) is 0 Å². The number of benzene rings is 1. The van der Waals surface area contributed by atoms with E-state index in [1.54, 1.807) is 46.8 Å². The van der Waals surface area contributed by atoms with Crippen LogP contribution in [0.5, 0.6) is 0 Å². The summed E-state index contributed by atoms with van der Waals surface area (Å²) < 4.78 is 16.8. The standard InChI is InChI=1S/C24H36N2O5.C13H28O.C9H18N2O2.C3H8.C2H6/c1-16-12-13-20(26(16)15-27)21(30-6)17(2)22(28)25-19(23(29)31-24(3,4)5)14-18-10-8-7-9-11-18;1-6-9-10-12(11(4)7-2)13(8-3)14-5;1-6(2)8(10-4)9(13)11-5-7(3)12;1-3-2;1-2/h7-11,15-17,19-21H,12-14H2,1-6H3,(H,25,28);11-13H,6-10H2,1-5H3;6,8,10H,5H2,1-4H3,(H,11,13);3H2,1-2H3;1-2H3. The first-order valence-electron chi connectivity index (χ1n) is 24.0. The first-order valence-corrected chi connectivity index (χ1v) is 24.0. The third-order valence-corrected chi connectivity index (χ3v) is 11.0. The number of carbonyl (C=O) groups is 5. The van der Waals surface area contributed by atoms with Gasteiger partial charge < -0.3 is 35.1 Å². The van der Waals surface area contributed by atoms with Crippen molar-refractivity contribution in [2.45, 2.75) is 211 Å². The molecule has 63 heavy (non-hydrogen) atoms. The van der Waals surface area contributed by atoms with E-state index >= 15 is 0 Å². The van der Waals surface area contributed by atoms with Crippen LogP contribution < -0.4 is 16.0 Å². The van der Waals surface area contributed by atoms with Gasteiger partial charge in [-0.3, -0.25) is 19.2 Å². The number of likely N-dealkylation sites (N-methyl/N-ethyl adjacent to an activating group) is 1. The van der Waals surface area contributed by atoms with Crippen LogP contribution in [-0.4, -0.2) is 105 Å². The van der Waals surface area contributed by atoms with Gasteiger partial charge in [-0.1, -0.05) is 132 Å². The van der Waals surface area contributed by atoms with Crippen LogP contribution in [0.2, 0.25) is 0 Å². The molecular weight excluding hydrogens is 797 g/mol. The Kier molecular flexibility index (Phi) is 37.5. The molecule has 0 aromatic heterocycles. The minimum absolute atomic E-state index is 0.0352. The molecule has 0 radical (unpaired) electrons. The average Bonchev–Trinajstić information content (AvgIpc) is 3.61. The number of ether oxygens (including phenoxy) is 3. The van der Waals surface area contributed by atoms with Crippen molar-refractivity contribution in [3.63, 3.8) is 0 Å². The van der Waals surface area contributed by atoms with Gasteiger partial charge in [0, 0.05) is 26.7 Å². The van der Waals surface area contributed by atoms with Crippen molar-refractivity contribution in [2.24, 2.45) is 23.7 Å². The van der Waals surface area contributed by atoms with Crippen molar-refractivity contribution in [3.05, 3.63) is 35.9 Å². The zero-order chi connectivity index (χ0) is 49.3. The van der Waals surface area contributed by atoms with Crippen LogP contribution in [0.1, 0.15) is 168 Å². The Bertz CT molecular complexity index is 1330. The van der Waals surface area contributed by atoms with E-state index in [1.165, 1.54) is 39.0 Å². The first kappa shape index (κ1) is 63.9. The molecule has 1 heterocycles. The number of nitrogens with zero attached hydrogens (tertiary/aromatic N) is 1. The largest absolute Gasteiger partial charge is 0.458 e. The Balaban J connectivity index is -0.000000933. The molecule has 0 saturated carbocycles. The molecule has 0 bridgehead atoms. The van der Waals surface area contributed by atoms with Gasteiger partial charge in [-0.15, -0.1) is 0 Å². The highest BCUT2D eigenvalue weighted by atomic mass is 16.6. The molecule has 1 fully saturated rings. The number of carbonyl (C=O) groups excluding carboxylic acids is 5. The van der Waals surface area contributed by atoms with Gasteiger partial charge in [0.25, 0.3) is 0 Å². The molecule has 0 spiro atoms. The molecule has 9 unspecified atom stereocenters. The fourth-order valence-electron chi connectivity index (χ4n) is 7.43. The number of likely N-dealkylation sites (tertiary alicyclic amines) is 1. The monoisotopic (exact) mass is 893 g/mol. The van der Waals surface area contributed by atoms with Crippen molar-refractivity contribution in [1.29, 1.82) is 0 Å². The van der Waals surface area contributed by atoms with Gasteiger partial charge in [-0.2, -0.15) is 0 Å². The molecule has 3 amide bonds. The van der Waals surface area contributed by atoms with E-state index < -0.39 is 29.6 Å². The molecule has 3 N–H and O–H groups in total. The van der Waals surface area contributed by atoms with Gasteiger partial charge in [0.2, 0.25) is 18.2 Å². The molecule has 1 saturated heterocycles. The third kappa shape index (κ3) is 26.9. The predicted molar refractivity (Wildman–Crippen MR) is 261 cm³/mol. The zero-order valence-corrected chi connectivity index (χ0v) is 43.5. The minimum Gasteiger partial charge on any atom is -0.458 e. The van der Waals surface area contributed by atoms with Gasteiger partial charge >= 0.3 is 5.97 Å². The van der Waals surface area contributed by atoms with Crippen LogP contribution in [-0.2, 0) is 44.6 Å². The maximum atomic E-state index is 13.1. The molecule has 1 aliphatic rings. The highest BCUT2D eigenvalue weighted by Crippen LogP contribution is 2.30. The number of methoxy groups -OCH3 is 2. The molecular formula is C51H96N4O8. The fraction of sp³-hybridized carbons (Fsp3) is 0.784. The summed E-state index contributed by atoms with van der Waals surface area (Å²) in [5, 5.41) is 8.33. The lowest BCUT2D eigenvalue weighted by molar-refractivity contribution is -0.159. The third-order valence-electron chi connectivity index (χ3n) is 11.0. The maximum absolute atomic E-state index is 13.1. The van der Waals surface area contributed by atoms with E-state index in [4.69, 9.17) is 14.2 Å². The summed E-state index contributed by atoms with van der Waals surface area (Å²) in [6.07, 6.45) is 10.4. The predicted octanol–water partition coefficient (Wildman–Crippen LogP) is 9.36. The van der Waals surface area contributed by atoms with Crippen LogP contribution >= 0.6 is 0 Å². The Labute approximate surface area is 385 Å². The van der Waals surface area contributed by atoms with Crippen LogP contribution in [0.25, 0.3) is 0 Å². The first-order chi connectivity index (χ1) is 29.7. The van der Waals surface area contributed by atoms with E-state index in [2.05, 4.69) is 57.5 Å². The van der Waals surface area contributed by atoms with Gasteiger partial charge in [0.05, 0.1) is 36.8 Å². The summed E-state index contributed by atoms with van der Waals surface area (Å²) in [4.78, 5) is 61.2. The Morgan fingerprint density at radius 3 is 1.87 bits per heavy atom. The zero-order valence-electron chi connectivity index (χ0n) is 43.5. The van der Waals surface area contributed by atoms with Crippen molar-refractivity contribution in [2.75, 3.05) is 27.8 Å². The number of rotatable bonds is 22. The van der Waals surface area contributed by atoms with E-state index in [0.29, 0.717) is 12.5 Å². The Morgan fingerprint density at radius 2 is 1.46 bits per heavy atom.